The van der Waals surface area contributed by atoms with Crippen LogP contribution in [-0.2, 0) is 14.3 Å². The Labute approximate surface area is 96.2 Å². The van der Waals surface area contributed by atoms with E-state index in [0.29, 0.717) is 0 Å². The molecule has 0 unspecified atom stereocenters. The zero-order chi connectivity index (χ0) is 13.0. The molecule has 0 bridgehead atoms. The van der Waals surface area contributed by atoms with Crippen LogP contribution in [0.3, 0.4) is 0 Å². The fourth-order valence-electron chi connectivity index (χ4n) is 1.12. The molecular formula is C11H21NO4. The van der Waals surface area contributed by atoms with E-state index < -0.39 is 11.5 Å². The van der Waals surface area contributed by atoms with Crippen molar-refractivity contribution in [3.05, 3.63) is 0 Å². The second-order valence-corrected chi connectivity index (χ2v) is 5.40. The van der Waals surface area contributed by atoms with E-state index in [-0.39, 0.29) is 24.5 Å². The molecular weight excluding hydrogens is 210 g/mol. The van der Waals surface area contributed by atoms with E-state index in [9.17, 15) is 9.59 Å². The maximum Gasteiger partial charge on any atom is 0.305 e. The highest BCUT2D eigenvalue weighted by atomic mass is 16.5. The number of hydrogen-bond acceptors (Lipinski definition) is 3. The largest absolute Gasteiger partial charge is 0.481 e. The first kappa shape index (κ1) is 14.9. The van der Waals surface area contributed by atoms with Gasteiger partial charge >= 0.3 is 5.97 Å². The van der Waals surface area contributed by atoms with E-state index >= 15 is 0 Å². The van der Waals surface area contributed by atoms with Gasteiger partial charge in [-0.15, -0.1) is 0 Å². The number of rotatable bonds is 5. The van der Waals surface area contributed by atoms with Crippen molar-refractivity contribution in [2.75, 3.05) is 6.61 Å². The van der Waals surface area contributed by atoms with Crippen molar-refractivity contribution in [2.45, 2.75) is 52.2 Å². The molecule has 0 aromatic rings. The molecule has 0 heterocycles. The maximum absolute atomic E-state index is 11.5. The van der Waals surface area contributed by atoms with Crippen LogP contribution in [0.25, 0.3) is 0 Å². The topological polar surface area (TPSA) is 75.6 Å². The Bertz CT molecular complexity index is 266. The summed E-state index contributed by atoms with van der Waals surface area (Å²) in [6.45, 7) is 8.81. The molecule has 0 aromatic heterocycles. The summed E-state index contributed by atoms with van der Waals surface area (Å²) in [6, 6.07) is 0. The zero-order valence-electron chi connectivity index (χ0n) is 10.6. The molecule has 0 aromatic carbocycles. The van der Waals surface area contributed by atoms with Gasteiger partial charge in [-0.3, -0.25) is 9.59 Å². The number of nitrogens with one attached hydrogen (secondary N) is 1. The van der Waals surface area contributed by atoms with Crippen molar-refractivity contribution in [2.24, 2.45) is 0 Å². The summed E-state index contributed by atoms with van der Waals surface area (Å²) in [4.78, 5) is 22.0. The van der Waals surface area contributed by atoms with E-state index in [1.54, 1.807) is 13.8 Å². The lowest BCUT2D eigenvalue weighted by Crippen LogP contribution is -2.47. The van der Waals surface area contributed by atoms with Gasteiger partial charge in [0.1, 0.15) is 6.61 Å². The molecule has 5 heteroatoms. The van der Waals surface area contributed by atoms with Crippen LogP contribution in [0.5, 0.6) is 0 Å². The van der Waals surface area contributed by atoms with Crippen molar-refractivity contribution in [1.82, 2.24) is 5.32 Å². The smallest absolute Gasteiger partial charge is 0.305 e. The number of carboxylic acid groups (broad SMARTS) is 1. The first-order chi connectivity index (χ1) is 7.02. The highest BCUT2D eigenvalue weighted by Gasteiger charge is 2.24. The Hall–Kier alpha value is -1.10. The highest BCUT2D eigenvalue weighted by Crippen LogP contribution is 2.09. The Morgan fingerprint density at radius 1 is 1.19 bits per heavy atom. The normalized spacial score (nSPS) is 12.3. The van der Waals surface area contributed by atoms with Gasteiger partial charge in [0.15, 0.2) is 0 Å². The summed E-state index contributed by atoms with van der Waals surface area (Å²) >= 11 is 0. The number of aliphatic carboxylic acids is 1. The molecule has 0 atom stereocenters. The van der Waals surface area contributed by atoms with Crippen molar-refractivity contribution < 1.29 is 19.4 Å². The molecule has 0 fully saturated rings. The first-order valence-corrected chi connectivity index (χ1v) is 5.19. The minimum Gasteiger partial charge on any atom is -0.481 e. The minimum atomic E-state index is -0.943. The summed E-state index contributed by atoms with van der Waals surface area (Å²) < 4.78 is 5.28. The van der Waals surface area contributed by atoms with E-state index in [0.717, 1.165) is 0 Å². The van der Waals surface area contributed by atoms with Crippen molar-refractivity contribution >= 4 is 11.9 Å². The van der Waals surface area contributed by atoms with Gasteiger partial charge in [-0.1, -0.05) is 0 Å². The average Bonchev–Trinajstić information content (AvgIpc) is 1.95. The number of ether oxygens (including phenoxy) is 1. The lowest BCUT2D eigenvalue weighted by molar-refractivity contribution is -0.139. The molecule has 0 radical (unpaired) electrons. The van der Waals surface area contributed by atoms with Gasteiger partial charge in [0.25, 0.3) is 0 Å². The molecule has 0 spiro atoms. The second kappa shape index (κ2) is 5.30. The van der Waals surface area contributed by atoms with Gasteiger partial charge < -0.3 is 15.2 Å². The van der Waals surface area contributed by atoms with Crippen molar-refractivity contribution in [1.29, 1.82) is 0 Å². The predicted molar refractivity (Wildman–Crippen MR) is 60.2 cm³/mol. The molecule has 0 aliphatic rings. The van der Waals surface area contributed by atoms with Gasteiger partial charge in [-0.2, -0.15) is 0 Å². The molecule has 94 valence electrons. The summed E-state index contributed by atoms with van der Waals surface area (Å²) in [5.41, 5.74) is -1.14. The Morgan fingerprint density at radius 2 is 1.69 bits per heavy atom. The molecule has 16 heavy (non-hydrogen) atoms. The molecule has 0 saturated heterocycles. The lowest BCUT2D eigenvalue weighted by Gasteiger charge is -2.26. The predicted octanol–water partition coefficient (Wildman–Crippen LogP) is 1.17. The number of hydrogen-bond donors (Lipinski definition) is 2. The van der Waals surface area contributed by atoms with Gasteiger partial charge in [0, 0.05) is 5.54 Å². The summed E-state index contributed by atoms with van der Waals surface area (Å²) in [5.74, 6) is -1.25. The third-order valence-corrected chi connectivity index (χ3v) is 1.71. The number of carbonyl (C=O) groups is 2. The molecule has 0 saturated carbocycles. The van der Waals surface area contributed by atoms with Crippen molar-refractivity contribution in [3.8, 4) is 0 Å². The molecule has 0 aliphatic heterocycles. The standard InChI is InChI=1S/C11H21NO4/c1-10(2,3)16-7-8(13)12-11(4,5)6-9(14)15/h6-7H2,1-5H3,(H,12,13)(H,14,15). The van der Waals surface area contributed by atoms with Crippen LogP contribution in [0.2, 0.25) is 0 Å². The van der Waals surface area contributed by atoms with Crippen LogP contribution in [0.15, 0.2) is 0 Å². The van der Waals surface area contributed by atoms with E-state index in [1.807, 2.05) is 20.8 Å². The SMILES string of the molecule is CC(C)(CC(=O)O)NC(=O)COC(C)(C)C. The van der Waals surface area contributed by atoms with Crippen LogP contribution in [-0.4, -0.2) is 34.7 Å². The van der Waals surface area contributed by atoms with Crippen molar-refractivity contribution in [3.63, 3.8) is 0 Å². The van der Waals surface area contributed by atoms with Crippen LogP contribution >= 0.6 is 0 Å². The Balaban J connectivity index is 4.09. The van der Waals surface area contributed by atoms with Crippen LogP contribution < -0.4 is 5.32 Å². The number of amides is 1. The summed E-state index contributed by atoms with van der Waals surface area (Å²) in [6.07, 6.45) is -0.117. The second-order valence-electron chi connectivity index (χ2n) is 5.40. The third kappa shape index (κ3) is 8.23. The zero-order valence-corrected chi connectivity index (χ0v) is 10.6. The number of carbonyl (C=O) groups excluding carboxylic acids is 1. The van der Waals surface area contributed by atoms with E-state index in [1.165, 1.54) is 0 Å². The quantitative estimate of drug-likeness (QED) is 0.744. The summed E-state index contributed by atoms with van der Waals surface area (Å²) in [7, 11) is 0. The fraction of sp³-hybridized carbons (Fsp3) is 0.818. The average molecular weight is 231 g/mol. The minimum absolute atomic E-state index is 0.0629. The van der Waals surface area contributed by atoms with Crippen LogP contribution in [0, 0.1) is 0 Å². The first-order valence-electron chi connectivity index (χ1n) is 5.19. The molecule has 2 N–H and O–H groups in total. The van der Waals surface area contributed by atoms with E-state index in [4.69, 9.17) is 9.84 Å². The summed E-state index contributed by atoms with van der Waals surface area (Å²) in [5, 5.41) is 11.3. The Kier molecular flexibility index (Phi) is 4.93. The molecule has 1 amide bonds. The maximum atomic E-state index is 11.5. The van der Waals surface area contributed by atoms with Gasteiger partial charge in [-0.05, 0) is 34.6 Å². The fourth-order valence-corrected chi connectivity index (χ4v) is 1.12. The van der Waals surface area contributed by atoms with Crippen LogP contribution in [0.1, 0.15) is 41.0 Å². The highest BCUT2D eigenvalue weighted by molar-refractivity contribution is 5.79. The molecule has 5 nitrogen and oxygen atoms in total. The molecule has 0 rings (SSSR count). The van der Waals surface area contributed by atoms with Gasteiger partial charge in [-0.25, -0.2) is 0 Å². The van der Waals surface area contributed by atoms with Gasteiger partial charge in [0.05, 0.1) is 12.0 Å². The Morgan fingerprint density at radius 3 is 2.06 bits per heavy atom. The molecule has 0 aliphatic carbocycles. The van der Waals surface area contributed by atoms with Crippen LogP contribution in [0.4, 0.5) is 0 Å². The number of carboxylic acids is 1. The van der Waals surface area contributed by atoms with Gasteiger partial charge in [0.2, 0.25) is 5.91 Å². The third-order valence-electron chi connectivity index (χ3n) is 1.71. The lowest BCUT2D eigenvalue weighted by atomic mass is 10.0. The van der Waals surface area contributed by atoms with E-state index in [2.05, 4.69) is 5.32 Å². The monoisotopic (exact) mass is 231 g/mol.